The summed E-state index contributed by atoms with van der Waals surface area (Å²) < 4.78 is 1.57. The van der Waals surface area contributed by atoms with Gasteiger partial charge in [0, 0.05) is 24.3 Å². The van der Waals surface area contributed by atoms with Gasteiger partial charge in [-0.05, 0) is 31.5 Å². The molecule has 0 aliphatic carbocycles. The first-order valence-corrected chi connectivity index (χ1v) is 7.60. The highest BCUT2D eigenvalue weighted by atomic mass is 35.5. The highest BCUT2D eigenvalue weighted by molar-refractivity contribution is 6.30. The monoisotopic (exact) mass is 333 g/mol. The van der Waals surface area contributed by atoms with E-state index < -0.39 is 11.4 Å². The summed E-state index contributed by atoms with van der Waals surface area (Å²) in [7, 11) is 0. The molecule has 1 unspecified atom stereocenters. The van der Waals surface area contributed by atoms with E-state index in [1.165, 1.54) is 6.20 Å². The lowest BCUT2D eigenvalue weighted by Gasteiger charge is -2.19. The molecule has 2 aromatic rings. The van der Waals surface area contributed by atoms with E-state index in [2.05, 4.69) is 5.10 Å². The fourth-order valence-electron chi connectivity index (χ4n) is 2.68. The maximum atomic E-state index is 12.5. The molecule has 1 aliphatic rings. The van der Waals surface area contributed by atoms with Gasteiger partial charge in [0.1, 0.15) is 0 Å². The summed E-state index contributed by atoms with van der Waals surface area (Å²) in [5.41, 5.74) is 0.312. The van der Waals surface area contributed by atoms with Crippen molar-refractivity contribution in [2.75, 3.05) is 13.1 Å². The number of hydrogen-bond donors (Lipinski definition) is 1. The largest absolute Gasteiger partial charge is 0.481 e. The Labute approximate surface area is 138 Å². The minimum absolute atomic E-state index is 0.205. The molecular formula is C16H16ClN3O3. The molecule has 7 heteroatoms. The molecule has 1 atom stereocenters. The zero-order valence-corrected chi connectivity index (χ0v) is 13.3. The number of rotatable bonds is 3. The third kappa shape index (κ3) is 2.94. The van der Waals surface area contributed by atoms with Crippen molar-refractivity contribution in [2.45, 2.75) is 13.3 Å². The van der Waals surface area contributed by atoms with Gasteiger partial charge in [-0.25, -0.2) is 4.68 Å². The van der Waals surface area contributed by atoms with E-state index in [1.54, 1.807) is 40.9 Å². The second-order valence-electron chi connectivity index (χ2n) is 6.00. The van der Waals surface area contributed by atoms with E-state index in [1.807, 2.05) is 6.07 Å². The van der Waals surface area contributed by atoms with Crippen molar-refractivity contribution < 1.29 is 14.7 Å². The van der Waals surface area contributed by atoms with E-state index in [4.69, 9.17) is 11.6 Å². The van der Waals surface area contributed by atoms with Crippen LogP contribution in [0.2, 0.25) is 5.02 Å². The van der Waals surface area contributed by atoms with Crippen molar-refractivity contribution in [2.24, 2.45) is 5.41 Å². The number of benzene rings is 1. The third-order valence-electron chi connectivity index (χ3n) is 4.18. The lowest BCUT2D eigenvalue weighted by atomic mass is 9.90. The number of hydrogen-bond acceptors (Lipinski definition) is 3. The molecule has 0 saturated carbocycles. The lowest BCUT2D eigenvalue weighted by Crippen LogP contribution is -2.34. The lowest BCUT2D eigenvalue weighted by molar-refractivity contribution is -0.147. The van der Waals surface area contributed by atoms with Crippen LogP contribution >= 0.6 is 11.6 Å². The number of carboxylic acids is 1. The first kappa shape index (κ1) is 15.6. The minimum Gasteiger partial charge on any atom is -0.481 e. The van der Waals surface area contributed by atoms with Crippen LogP contribution in [0.5, 0.6) is 0 Å². The smallest absolute Gasteiger partial charge is 0.311 e. The Morgan fingerprint density at radius 2 is 2.17 bits per heavy atom. The van der Waals surface area contributed by atoms with E-state index in [9.17, 15) is 14.7 Å². The van der Waals surface area contributed by atoms with Crippen LogP contribution in [0.25, 0.3) is 5.69 Å². The minimum atomic E-state index is -0.876. The van der Waals surface area contributed by atoms with Gasteiger partial charge in [0.15, 0.2) is 0 Å². The van der Waals surface area contributed by atoms with E-state index in [-0.39, 0.29) is 12.5 Å². The van der Waals surface area contributed by atoms with Gasteiger partial charge in [-0.15, -0.1) is 0 Å². The molecule has 2 heterocycles. The molecule has 1 saturated heterocycles. The van der Waals surface area contributed by atoms with Crippen molar-refractivity contribution in [1.82, 2.24) is 14.7 Å². The Balaban J connectivity index is 1.79. The molecule has 1 fully saturated rings. The van der Waals surface area contributed by atoms with Crippen molar-refractivity contribution in [3.05, 3.63) is 47.2 Å². The molecule has 1 aromatic carbocycles. The molecule has 0 spiro atoms. The normalized spacial score (nSPS) is 20.7. The second-order valence-corrected chi connectivity index (χ2v) is 6.43. The molecule has 1 N–H and O–H groups in total. The van der Waals surface area contributed by atoms with Crippen LogP contribution < -0.4 is 0 Å². The van der Waals surface area contributed by atoms with Crippen molar-refractivity contribution in [3.8, 4) is 5.69 Å². The van der Waals surface area contributed by atoms with Crippen LogP contribution in [0.1, 0.15) is 23.7 Å². The summed E-state index contributed by atoms with van der Waals surface area (Å²) in [6.07, 6.45) is 3.57. The summed E-state index contributed by atoms with van der Waals surface area (Å²) in [6, 6.07) is 7.15. The summed E-state index contributed by atoms with van der Waals surface area (Å²) in [5.74, 6) is -1.08. The average Bonchev–Trinajstić information content (AvgIpc) is 3.14. The van der Waals surface area contributed by atoms with Gasteiger partial charge in [-0.2, -0.15) is 5.10 Å². The fourth-order valence-corrected chi connectivity index (χ4v) is 2.87. The van der Waals surface area contributed by atoms with Gasteiger partial charge < -0.3 is 10.0 Å². The maximum absolute atomic E-state index is 12.5. The Bertz CT molecular complexity index is 773. The summed E-state index contributed by atoms with van der Waals surface area (Å²) in [4.78, 5) is 25.4. The van der Waals surface area contributed by atoms with Gasteiger partial charge in [0.25, 0.3) is 5.91 Å². The predicted molar refractivity (Wildman–Crippen MR) is 84.8 cm³/mol. The molecule has 1 amide bonds. The van der Waals surface area contributed by atoms with Crippen molar-refractivity contribution in [1.29, 1.82) is 0 Å². The summed E-state index contributed by atoms with van der Waals surface area (Å²) in [6.45, 7) is 2.31. The molecule has 3 rings (SSSR count). The van der Waals surface area contributed by atoms with Gasteiger partial charge >= 0.3 is 5.97 Å². The first-order valence-electron chi connectivity index (χ1n) is 7.22. The Morgan fingerprint density at radius 1 is 1.39 bits per heavy atom. The van der Waals surface area contributed by atoms with Gasteiger partial charge in [0.05, 0.1) is 22.9 Å². The summed E-state index contributed by atoms with van der Waals surface area (Å²) >= 11 is 5.96. The average molecular weight is 334 g/mol. The standard InChI is InChI=1S/C16H16ClN3O3/c1-16(15(22)23)5-6-19(10-16)14(21)11-8-18-20(9-11)13-4-2-3-12(17)7-13/h2-4,7-9H,5-6,10H2,1H3,(H,22,23). The fraction of sp³-hybridized carbons (Fsp3) is 0.312. The van der Waals surface area contributed by atoms with Gasteiger partial charge in [-0.3, -0.25) is 9.59 Å². The van der Waals surface area contributed by atoms with E-state index >= 15 is 0 Å². The van der Waals surface area contributed by atoms with Crippen LogP contribution in [0, 0.1) is 5.41 Å². The number of aliphatic carboxylic acids is 1. The van der Waals surface area contributed by atoms with E-state index in [0.29, 0.717) is 23.6 Å². The number of likely N-dealkylation sites (tertiary alicyclic amines) is 1. The van der Waals surface area contributed by atoms with Crippen LogP contribution in [0.15, 0.2) is 36.7 Å². The van der Waals surface area contributed by atoms with Crippen LogP contribution in [-0.2, 0) is 4.79 Å². The number of carbonyl (C=O) groups excluding carboxylic acids is 1. The van der Waals surface area contributed by atoms with E-state index in [0.717, 1.165) is 5.69 Å². The topological polar surface area (TPSA) is 75.4 Å². The number of amides is 1. The number of carbonyl (C=O) groups is 2. The Hall–Kier alpha value is -2.34. The molecule has 1 aliphatic heterocycles. The third-order valence-corrected chi connectivity index (χ3v) is 4.41. The van der Waals surface area contributed by atoms with Crippen molar-refractivity contribution in [3.63, 3.8) is 0 Å². The van der Waals surface area contributed by atoms with Gasteiger partial charge in [-0.1, -0.05) is 17.7 Å². The maximum Gasteiger partial charge on any atom is 0.311 e. The van der Waals surface area contributed by atoms with Crippen LogP contribution in [-0.4, -0.2) is 44.8 Å². The number of nitrogens with zero attached hydrogens (tertiary/aromatic N) is 3. The number of halogens is 1. The van der Waals surface area contributed by atoms with Crippen LogP contribution in [0.3, 0.4) is 0 Å². The quantitative estimate of drug-likeness (QED) is 0.936. The second kappa shape index (κ2) is 5.70. The zero-order chi connectivity index (χ0) is 16.6. The number of aromatic nitrogens is 2. The molecule has 120 valence electrons. The predicted octanol–water partition coefficient (Wildman–Crippen LogP) is 2.46. The molecule has 0 bridgehead atoms. The molecule has 6 nitrogen and oxygen atoms in total. The Morgan fingerprint density at radius 3 is 2.83 bits per heavy atom. The molecule has 23 heavy (non-hydrogen) atoms. The highest BCUT2D eigenvalue weighted by Gasteiger charge is 2.42. The SMILES string of the molecule is CC1(C(=O)O)CCN(C(=O)c2cnn(-c3cccc(Cl)c3)c2)C1. The van der Waals surface area contributed by atoms with Crippen molar-refractivity contribution >= 4 is 23.5 Å². The highest BCUT2D eigenvalue weighted by Crippen LogP contribution is 2.31. The molecular weight excluding hydrogens is 318 g/mol. The first-order chi connectivity index (χ1) is 10.9. The Kier molecular flexibility index (Phi) is 3.85. The van der Waals surface area contributed by atoms with Gasteiger partial charge in [0.2, 0.25) is 0 Å². The molecule has 0 radical (unpaired) electrons. The zero-order valence-electron chi connectivity index (χ0n) is 12.6. The molecule has 1 aromatic heterocycles. The summed E-state index contributed by atoms with van der Waals surface area (Å²) in [5, 5.41) is 14.0. The van der Waals surface area contributed by atoms with Crippen LogP contribution in [0.4, 0.5) is 0 Å². The number of carboxylic acid groups (broad SMARTS) is 1.